The third-order valence-corrected chi connectivity index (χ3v) is 8.97. The number of hydrogen-bond donors (Lipinski definition) is 2. The third kappa shape index (κ3) is 4.62. The van der Waals surface area contributed by atoms with Crippen LogP contribution in [0.3, 0.4) is 0 Å². The van der Waals surface area contributed by atoms with Crippen LogP contribution < -0.4 is 15.4 Å². The Balaban J connectivity index is 1.55. The van der Waals surface area contributed by atoms with Crippen LogP contribution >= 0.6 is 27.5 Å². The van der Waals surface area contributed by atoms with Gasteiger partial charge in [-0.3, -0.25) is 9.59 Å². The van der Waals surface area contributed by atoms with Crippen molar-refractivity contribution in [3.63, 3.8) is 0 Å². The molecule has 3 heterocycles. The standard InChI is InChI=1S/C30H28BrClFN3O3/c1-36-11-9-21(10-12-36)39-26-8-5-18(31)14-22(26)24-16-27(37)35-28(17-3-2-4-20(33)13-17)30(24)23-7-6-19(32)15-25(23)34-29(30)38/h2-8,13-15,21,24,28H,9-12,16H2,1H3,(H,34,38)(H,35,37)/t24-,28+,30-/m1/s1. The maximum atomic E-state index is 14.5. The van der Waals surface area contributed by atoms with Crippen molar-refractivity contribution >= 4 is 45.0 Å². The van der Waals surface area contributed by atoms with Crippen LogP contribution in [0.25, 0.3) is 0 Å². The van der Waals surface area contributed by atoms with Crippen molar-refractivity contribution < 1.29 is 18.7 Å². The fraction of sp³-hybridized carbons (Fsp3) is 0.333. The molecule has 1 spiro atoms. The number of fused-ring (bicyclic) bond motifs is 2. The Morgan fingerprint density at radius 2 is 1.87 bits per heavy atom. The molecule has 6 rings (SSSR count). The van der Waals surface area contributed by atoms with E-state index in [4.69, 9.17) is 16.3 Å². The van der Waals surface area contributed by atoms with Gasteiger partial charge in [0.25, 0.3) is 0 Å². The molecular formula is C30H28BrClFN3O3. The monoisotopic (exact) mass is 611 g/mol. The highest BCUT2D eigenvalue weighted by atomic mass is 79.9. The molecule has 3 aromatic rings. The summed E-state index contributed by atoms with van der Waals surface area (Å²) in [4.78, 5) is 29.9. The highest BCUT2D eigenvalue weighted by molar-refractivity contribution is 9.10. The van der Waals surface area contributed by atoms with Crippen molar-refractivity contribution in [2.75, 3.05) is 25.5 Å². The predicted octanol–water partition coefficient (Wildman–Crippen LogP) is 5.95. The van der Waals surface area contributed by atoms with Crippen molar-refractivity contribution in [1.29, 1.82) is 0 Å². The zero-order valence-corrected chi connectivity index (χ0v) is 23.7. The van der Waals surface area contributed by atoms with E-state index < -0.39 is 23.2 Å². The van der Waals surface area contributed by atoms with E-state index in [1.165, 1.54) is 12.1 Å². The Morgan fingerprint density at radius 1 is 1.08 bits per heavy atom. The molecule has 3 aliphatic rings. The number of ether oxygens (including phenoxy) is 1. The van der Waals surface area contributed by atoms with E-state index in [1.54, 1.807) is 24.3 Å². The fourth-order valence-corrected chi connectivity index (χ4v) is 6.96. The van der Waals surface area contributed by atoms with Gasteiger partial charge in [0.15, 0.2) is 0 Å². The number of carbonyl (C=O) groups excluding carboxylic acids is 2. The summed E-state index contributed by atoms with van der Waals surface area (Å²) < 4.78 is 21.9. The number of nitrogens with one attached hydrogen (secondary N) is 2. The summed E-state index contributed by atoms with van der Waals surface area (Å²) in [5, 5.41) is 6.55. The number of nitrogens with zero attached hydrogens (tertiary/aromatic N) is 1. The Kier molecular flexibility index (Phi) is 6.90. The molecule has 3 aliphatic heterocycles. The van der Waals surface area contributed by atoms with Gasteiger partial charge in [-0.15, -0.1) is 0 Å². The second-order valence-corrected chi connectivity index (χ2v) is 12.0. The molecule has 3 atom stereocenters. The van der Waals surface area contributed by atoms with E-state index in [0.29, 0.717) is 27.6 Å². The van der Waals surface area contributed by atoms with Gasteiger partial charge in [-0.2, -0.15) is 0 Å². The van der Waals surface area contributed by atoms with Crippen LogP contribution in [-0.4, -0.2) is 43.0 Å². The van der Waals surface area contributed by atoms with Gasteiger partial charge in [0.1, 0.15) is 23.1 Å². The number of anilines is 1. The van der Waals surface area contributed by atoms with Crippen LogP contribution in [0.5, 0.6) is 5.75 Å². The Bertz CT molecular complexity index is 1460. The summed E-state index contributed by atoms with van der Waals surface area (Å²) in [6, 6.07) is 16.3. The SMILES string of the molecule is CN1CCC(Oc2ccc(Br)cc2[C@H]2CC(=O)N[C@@H](c3cccc(F)c3)[C@]23C(=O)Nc2cc(Cl)ccc23)CC1. The number of hydrogen-bond acceptors (Lipinski definition) is 4. The van der Waals surface area contributed by atoms with Crippen LogP contribution in [0.4, 0.5) is 10.1 Å². The lowest BCUT2D eigenvalue weighted by Gasteiger charge is -2.46. The van der Waals surface area contributed by atoms with E-state index in [9.17, 15) is 14.0 Å². The minimum Gasteiger partial charge on any atom is -0.490 e. The largest absolute Gasteiger partial charge is 0.490 e. The van der Waals surface area contributed by atoms with Crippen LogP contribution in [0, 0.1) is 5.82 Å². The van der Waals surface area contributed by atoms with Gasteiger partial charge in [-0.05, 0) is 73.5 Å². The molecule has 6 nitrogen and oxygen atoms in total. The topological polar surface area (TPSA) is 70.7 Å². The fourth-order valence-electron chi connectivity index (χ4n) is 6.41. The Hall–Kier alpha value is -2.94. The van der Waals surface area contributed by atoms with Crippen LogP contribution in [0.1, 0.15) is 47.9 Å². The first-order valence-corrected chi connectivity index (χ1v) is 14.2. The van der Waals surface area contributed by atoms with Gasteiger partial charge in [-0.1, -0.05) is 45.7 Å². The molecule has 2 saturated heterocycles. The minimum atomic E-state index is -1.27. The number of likely N-dealkylation sites (tertiary alicyclic amines) is 1. The molecule has 0 saturated carbocycles. The Labute approximate surface area is 240 Å². The van der Waals surface area contributed by atoms with Crippen LogP contribution in [0.15, 0.2) is 65.1 Å². The first kappa shape index (κ1) is 26.3. The van der Waals surface area contributed by atoms with Gasteiger partial charge in [-0.25, -0.2) is 4.39 Å². The molecule has 2 fully saturated rings. The van der Waals surface area contributed by atoms with E-state index in [0.717, 1.165) is 36.0 Å². The van der Waals surface area contributed by atoms with Crippen molar-refractivity contribution in [2.24, 2.45) is 0 Å². The zero-order chi connectivity index (χ0) is 27.3. The van der Waals surface area contributed by atoms with E-state index in [1.807, 2.05) is 24.3 Å². The normalized spacial score (nSPS) is 25.3. The van der Waals surface area contributed by atoms with Crippen molar-refractivity contribution in [3.05, 3.63) is 92.7 Å². The van der Waals surface area contributed by atoms with Crippen LogP contribution in [0.2, 0.25) is 5.02 Å². The summed E-state index contributed by atoms with van der Waals surface area (Å²) in [7, 11) is 2.10. The maximum Gasteiger partial charge on any atom is 0.238 e. The summed E-state index contributed by atoms with van der Waals surface area (Å²) in [6.07, 6.45) is 1.85. The van der Waals surface area contributed by atoms with Gasteiger partial charge in [0.05, 0.1) is 6.04 Å². The average molecular weight is 613 g/mol. The lowest BCUT2D eigenvalue weighted by Crippen LogP contribution is -2.57. The van der Waals surface area contributed by atoms with Crippen LogP contribution in [-0.2, 0) is 15.0 Å². The number of rotatable bonds is 4. The number of benzene rings is 3. The first-order chi connectivity index (χ1) is 18.8. The van der Waals surface area contributed by atoms with Gasteiger partial charge < -0.3 is 20.3 Å². The lowest BCUT2D eigenvalue weighted by atomic mass is 9.59. The predicted molar refractivity (Wildman–Crippen MR) is 152 cm³/mol. The molecule has 39 heavy (non-hydrogen) atoms. The molecule has 202 valence electrons. The first-order valence-electron chi connectivity index (χ1n) is 13.1. The molecule has 0 unspecified atom stereocenters. The molecule has 3 aromatic carbocycles. The van der Waals surface area contributed by atoms with E-state index in [-0.39, 0.29) is 24.3 Å². The minimum absolute atomic E-state index is 0.0250. The maximum absolute atomic E-state index is 14.5. The van der Waals surface area contributed by atoms with Gasteiger partial charge in [0.2, 0.25) is 11.8 Å². The smallest absolute Gasteiger partial charge is 0.238 e. The zero-order valence-electron chi connectivity index (χ0n) is 21.3. The molecule has 0 aromatic heterocycles. The lowest BCUT2D eigenvalue weighted by molar-refractivity contribution is -0.131. The van der Waals surface area contributed by atoms with Crippen molar-refractivity contribution in [1.82, 2.24) is 10.2 Å². The second kappa shape index (κ2) is 10.2. The summed E-state index contributed by atoms with van der Waals surface area (Å²) in [5.41, 5.74) is 1.30. The molecule has 9 heteroatoms. The second-order valence-electron chi connectivity index (χ2n) is 10.6. The van der Waals surface area contributed by atoms with Gasteiger partial charge in [0, 0.05) is 46.2 Å². The molecule has 0 aliphatic carbocycles. The van der Waals surface area contributed by atoms with Crippen molar-refractivity contribution in [3.8, 4) is 5.75 Å². The highest BCUT2D eigenvalue weighted by Gasteiger charge is 2.61. The molecular weight excluding hydrogens is 585 g/mol. The summed E-state index contributed by atoms with van der Waals surface area (Å²) >= 11 is 9.92. The number of piperidine rings is 2. The molecule has 2 N–H and O–H groups in total. The number of amides is 2. The van der Waals surface area contributed by atoms with E-state index >= 15 is 0 Å². The summed E-state index contributed by atoms with van der Waals surface area (Å²) in [6.45, 7) is 1.87. The summed E-state index contributed by atoms with van der Waals surface area (Å²) in [5.74, 6) is -0.882. The van der Waals surface area contributed by atoms with Crippen molar-refractivity contribution in [2.45, 2.75) is 42.7 Å². The van der Waals surface area contributed by atoms with Gasteiger partial charge >= 0.3 is 0 Å². The third-order valence-electron chi connectivity index (χ3n) is 8.24. The Morgan fingerprint density at radius 3 is 2.64 bits per heavy atom. The molecule has 2 amide bonds. The number of halogens is 3. The average Bonchev–Trinajstić information content (AvgIpc) is 3.18. The highest BCUT2D eigenvalue weighted by Crippen LogP contribution is 2.58. The quantitative estimate of drug-likeness (QED) is 0.382. The molecule has 0 radical (unpaired) electrons. The van der Waals surface area contributed by atoms with E-state index in [2.05, 4.69) is 38.5 Å². The molecule has 0 bridgehead atoms. The number of carbonyl (C=O) groups is 2.